The highest BCUT2D eigenvalue weighted by Crippen LogP contribution is 2.24. The van der Waals surface area contributed by atoms with E-state index in [4.69, 9.17) is 12.2 Å². The molecule has 2 aromatic heterocycles. The summed E-state index contributed by atoms with van der Waals surface area (Å²) in [5.74, 6) is 1.73. The largest absolute Gasteiger partial charge is 0.338 e. The van der Waals surface area contributed by atoms with Gasteiger partial charge in [-0.05, 0) is 43.8 Å². The predicted octanol–water partition coefficient (Wildman–Crippen LogP) is 4.48. The summed E-state index contributed by atoms with van der Waals surface area (Å²) in [6.45, 7) is 4.92. The molecule has 5 nitrogen and oxygen atoms in total. The van der Waals surface area contributed by atoms with Crippen molar-refractivity contribution < 1.29 is 0 Å². The molecule has 0 radical (unpaired) electrons. The third-order valence-corrected chi connectivity index (χ3v) is 4.44. The number of hydrogen-bond donors (Lipinski definition) is 2. The predicted molar refractivity (Wildman–Crippen MR) is 98.3 cm³/mol. The van der Waals surface area contributed by atoms with Gasteiger partial charge in [0.15, 0.2) is 10.6 Å². The van der Waals surface area contributed by atoms with Crippen LogP contribution in [0.4, 0.5) is 0 Å². The molecule has 2 aromatic carbocycles. The lowest BCUT2D eigenvalue weighted by Gasteiger charge is -2.04. The van der Waals surface area contributed by atoms with Crippen LogP contribution in [0, 0.1) is 11.7 Å². The molecule has 0 aliphatic carbocycles. The van der Waals surface area contributed by atoms with Gasteiger partial charge in [0, 0.05) is 17.7 Å². The van der Waals surface area contributed by atoms with Crippen LogP contribution in [-0.4, -0.2) is 24.7 Å². The smallest absolute Gasteiger partial charge is 0.195 e. The molecule has 0 saturated carbocycles. The molecule has 0 unspecified atom stereocenters. The monoisotopic (exact) mass is 335 g/mol. The second-order valence-corrected chi connectivity index (χ2v) is 6.17. The van der Waals surface area contributed by atoms with Gasteiger partial charge in [-0.2, -0.15) is 5.10 Å². The van der Waals surface area contributed by atoms with Crippen LogP contribution in [0.1, 0.15) is 12.5 Å². The highest BCUT2D eigenvalue weighted by Gasteiger charge is 2.09. The molecule has 24 heavy (non-hydrogen) atoms. The molecule has 0 atom stereocenters. The van der Waals surface area contributed by atoms with Crippen LogP contribution in [0.5, 0.6) is 0 Å². The van der Waals surface area contributed by atoms with Gasteiger partial charge in [-0.3, -0.25) is 5.10 Å². The summed E-state index contributed by atoms with van der Waals surface area (Å²) in [5, 5.41) is 7.18. The van der Waals surface area contributed by atoms with Crippen LogP contribution in [0.25, 0.3) is 33.8 Å². The maximum absolute atomic E-state index is 5.25. The van der Waals surface area contributed by atoms with Gasteiger partial charge >= 0.3 is 0 Å². The van der Waals surface area contributed by atoms with Gasteiger partial charge in [0.1, 0.15) is 5.82 Å². The number of imidazole rings is 1. The molecular weight excluding hydrogens is 318 g/mol. The number of aromatic nitrogens is 5. The molecule has 120 valence electrons. The highest BCUT2D eigenvalue weighted by molar-refractivity contribution is 7.71. The molecule has 2 N–H and O–H groups in total. The molecule has 0 amide bonds. The Morgan fingerprint density at radius 1 is 1.08 bits per heavy atom. The zero-order chi connectivity index (χ0) is 16.7. The number of aromatic amines is 2. The number of fused-ring (bicyclic) bond motifs is 1. The number of nitrogens with zero attached hydrogens (tertiary/aromatic N) is 3. The first-order valence-corrected chi connectivity index (χ1v) is 8.29. The van der Waals surface area contributed by atoms with Gasteiger partial charge in [0.2, 0.25) is 0 Å². The second-order valence-electron chi connectivity index (χ2n) is 5.78. The lowest BCUT2D eigenvalue weighted by atomic mass is 10.1. The molecule has 6 heteroatoms. The first kappa shape index (κ1) is 14.8. The number of hydrogen-bond acceptors (Lipinski definition) is 3. The Balaban J connectivity index is 1.73. The quantitative estimate of drug-likeness (QED) is 0.543. The fourth-order valence-corrected chi connectivity index (χ4v) is 3.13. The number of nitrogens with one attached hydrogen (secondary N) is 2. The molecule has 0 fully saturated rings. The normalized spacial score (nSPS) is 11.2. The minimum Gasteiger partial charge on any atom is -0.338 e. The number of rotatable bonds is 3. The van der Waals surface area contributed by atoms with E-state index in [9.17, 15) is 0 Å². The van der Waals surface area contributed by atoms with Gasteiger partial charge in [0.25, 0.3) is 0 Å². The van der Waals surface area contributed by atoms with Gasteiger partial charge in [-0.1, -0.05) is 30.3 Å². The third kappa shape index (κ3) is 2.45. The minimum absolute atomic E-state index is 0.643. The van der Waals surface area contributed by atoms with Crippen molar-refractivity contribution in [3.05, 3.63) is 52.8 Å². The Morgan fingerprint density at radius 2 is 1.83 bits per heavy atom. The van der Waals surface area contributed by atoms with Crippen LogP contribution in [0.3, 0.4) is 0 Å². The lowest BCUT2D eigenvalue weighted by Crippen LogP contribution is -1.97. The Hall–Kier alpha value is -2.73. The van der Waals surface area contributed by atoms with Crippen molar-refractivity contribution in [2.75, 3.05) is 0 Å². The van der Waals surface area contributed by atoms with Gasteiger partial charge in [-0.15, -0.1) is 0 Å². The lowest BCUT2D eigenvalue weighted by molar-refractivity contribution is 0.755. The minimum atomic E-state index is 0.643. The van der Waals surface area contributed by atoms with Crippen LogP contribution in [0.2, 0.25) is 0 Å². The SMILES string of the molecule is CCn1c(-c2ccc(-c3nc4ccc(C)cc4[nH]3)cc2)n[nH]c1=S. The number of benzene rings is 2. The molecule has 0 bridgehead atoms. The molecule has 0 aliphatic rings. The summed E-state index contributed by atoms with van der Waals surface area (Å²) >= 11 is 5.25. The molecule has 2 heterocycles. The van der Waals surface area contributed by atoms with E-state index >= 15 is 0 Å². The van der Waals surface area contributed by atoms with E-state index in [-0.39, 0.29) is 0 Å². The first-order chi connectivity index (χ1) is 11.7. The maximum atomic E-state index is 5.25. The van der Waals surface area contributed by atoms with E-state index < -0.39 is 0 Å². The molecule has 0 aliphatic heterocycles. The Morgan fingerprint density at radius 3 is 2.58 bits per heavy atom. The van der Waals surface area contributed by atoms with E-state index in [2.05, 4.69) is 58.3 Å². The van der Waals surface area contributed by atoms with Crippen LogP contribution in [-0.2, 0) is 6.54 Å². The Labute approximate surface area is 144 Å². The van der Waals surface area contributed by atoms with E-state index in [1.807, 2.05) is 22.8 Å². The first-order valence-electron chi connectivity index (χ1n) is 7.88. The van der Waals surface area contributed by atoms with Crippen molar-refractivity contribution in [3.8, 4) is 22.8 Å². The van der Waals surface area contributed by atoms with Crippen molar-refractivity contribution in [3.63, 3.8) is 0 Å². The Kier molecular flexibility index (Phi) is 3.54. The molecule has 0 spiro atoms. The van der Waals surface area contributed by atoms with Crippen LogP contribution >= 0.6 is 12.2 Å². The average molecular weight is 335 g/mol. The van der Waals surface area contributed by atoms with Crippen molar-refractivity contribution >= 4 is 23.3 Å². The molecular formula is C18H17N5S. The van der Waals surface area contributed by atoms with Crippen molar-refractivity contribution in [1.82, 2.24) is 24.7 Å². The van der Waals surface area contributed by atoms with Gasteiger partial charge in [-0.25, -0.2) is 4.98 Å². The number of H-pyrrole nitrogens is 2. The number of aryl methyl sites for hydroxylation is 1. The maximum Gasteiger partial charge on any atom is 0.195 e. The molecule has 4 rings (SSSR count). The van der Waals surface area contributed by atoms with Crippen molar-refractivity contribution in [2.24, 2.45) is 0 Å². The summed E-state index contributed by atoms with van der Waals surface area (Å²) < 4.78 is 2.62. The molecule has 0 saturated heterocycles. The molecule has 4 aromatic rings. The summed E-state index contributed by atoms with van der Waals surface area (Å²) in [6.07, 6.45) is 0. The van der Waals surface area contributed by atoms with E-state index in [1.165, 1.54) is 5.56 Å². The fraction of sp³-hybridized carbons (Fsp3) is 0.167. The van der Waals surface area contributed by atoms with Crippen LogP contribution < -0.4 is 0 Å². The standard InChI is InChI=1S/C18H17N5S/c1-3-23-17(21-22-18(23)24)13-7-5-12(6-8-13)16-19-14-9-4-11(2)10-15(14)20-16/h4-10H,3H2,1-2H3,(H,19,20)(H,22,24). The summed E-state index contributed by atoms with van der Waals surface area (Å²) in [5.41, 5.74) is 5.33. The third-order valence-electron chi connectivity index (χ3n) is 4.13. The average Bonchev–Trinajstić information content (AvgIpc) is 3.17. The topological polar surface area (TPSA) is 62.3 Å². The zero-order valence-corrected chi connectivity index (χ0v) is 14.3. The fourth-order valence-electron chi connectivity index (χ4n) is 2.87. The Bertz CT molecular complexity index is 1070. The van der Waals surface area contributed by atoms with Crippen molar-refractivity contribution in [2.45, 2.75) is 20.4 Å². The second kappa shape index (κ2) is 5.72. The zero-order valence-electron chi connectivity index (χ0n) is 13.5. The van der Waals surface area contributed by atoms with E-state index in [0.29, 0.717) is 4.77 Å². The van der Waals surface area contributed by atoms with Gasteiger partial charge < -0.3 is 9.55 Å². The summed E-state index contributed by atoms with van der Waals surface area (Å²) in [4.78, 5) is 8.05. The highest BCUT2D eigenvalue weighted by atomic mass is 32.1. The van der Waals surface area contributed by atoms with Crippen molar-refractivity contribution in [1.29, 1.82) is 0 Å². The summed E-state index contributed by atoms with van der Waals surface area (Å²) in [7, 11) is 0. The van der Waals surface area contributed by atoms with Crippen LogP contribution in [0.15, 0.2) is 42.5 Å². The summed E-state index contributed by atoms with van der Waals surface area (Å²) in [6, 6.07) is 14.4. The van der Waals surface area contributed by atoms with Gasteiger partial charge in [0.05, 0.1) is 11.0 Å². The van der Waals surface area contributed by atoms with E-state index in [0.717, 1.165) is 40.4 Å². The van der Waals surface area contributed by atoms with E-state index in [1.54, 1.807) is 0 Å².